The average Bonchev–Trinajstić information content (AvgIpc) is 3.67. The molecule has 7 heteroatoms. The maximum absolute atomic E-state index is 13.8. The first-order valence-corrected chi connectivity index (χ1v) is 12.0. The second kappa shape index (κ2) is 7.90. The molecule has 178 valence electrons. The van der Waals surface area contributed by atoms with Gasteiger partial charge < -0.3 is 4.74 Å². The third kappa shape index (κ3) is 3.25. The van der Waals surface area contributed by atoms with Crippen LogP contribution >= 0.6 is 0 Å². The zero-order valence-electron chi connectivity index (χ0n) is 19.6. The summed E-state index contributed by atoms with van der Waals surface area (Å²) in [4.78, 5) is 55.4. The number of ketones is 1. The van der Waals surface area contributed by atoms with Gasteiger partial charge >= 0.3 is 0 Å². The molecule has 1 aliphatic heterocycles. The number of methoxy groups -OCH3 is 1. The summed E-state index contributed by atoms with van der Waals surface area (Å²) in [6.07, 6.45) is 5.36. The molecule has 1 saturated heterocycles. The van der Waals surface area contributed by atoms with Gasteiger partial charge in [-0.15, -0.1) is 0 Å². The van der Waals surface area contributed by atoms with E-state index < -0.39 is 5.91 Å². The largest absolute Gasteiger partial charge is 0.496 e. The summed E-state index contributed by atoms with van der Waals surface area (Å²) in [6, 6.07) is 13.5. The molecule has 3 amide bonds. The molecule has 2 bridgehead atoms. The molecule has 4 aliphatic carbocycles. The van der Waals surface area contributed by atoms with Crippen LogP contribution in [0.5, 0.6) is 5.75 Å². The van der Waals surface area contributed by atoms with Crippen LogP contribution in [0.2, 0.25) is 0 Å². The number of carbonyl (C=O) groups excluding carboxylic acids is 4. The molecule has 0 spiro atoms. The molecule has 6 atom stereocenters. The van der Waals surface area contributed by atoms with Gasteiger partial charge in [-0.25, -0.2) is 0 Å². The molecule has 7 nitrogen and oxygen atoms in total. The number of allylic oxidation sites excluding steroid dienone is 2. The molecule has 6 unspecified atom stereocenters. The Morgan fingerprint density at radius 2 is 1.54 bits per heavy atom. The quantitative estimate of drug-likeness (QED) is 0.366. The summed E-state index contributed by atoms with van der Waals surface area (Å²) in [5.74, 6) is 0.126. The highest BCUT2D eigenvalue weighted by Crippen LogP contribution is 2.65. The molecule has 2 aromatic carbocycles. The molecule has 0 radical (unpaired) electrons. The van der Waals surface area contributed by atoms with E-state index in [9.17, 15) is 19.2 Å². The van der Waals surface area contributed by atoms with Crippen molar-refractivity contribution < 1.29 is 23.9 Å². The summed E-state index contributed by atoms with van der Waals surface area (Å²) in [7, 11) is 1.49. The van der Waals surface area contributed by atoms with Gasteiger partial charge in [-0.05, 0) is 73.4 Å². The lowest BCUT2D eigenvalue weighted by molar-refractivity contribution is -0.140. The van der Waals surface area contributed by atoms with E-state index >= 15 is 0 Å². The van der Waals surface area contributed by atoms with Crippen LogP contribution in [0.15, 0.2) is 60.7 Å². The molecular formula is C28H26N2O5. The lowest BCUT2D eigenvalue weighted by Gasteiger charge is -2.37. The Balaban J connectivity index is 1.36. The number of hydrogen-bond donors (Lipinski definition) is 0. The van der Waals surface area contributed by atoms with Crippen LogP contribution in [-0.4, -0.2) is 42.2 Å². The van der Waals surface area contributed by atoms with Gasteiger partial charge in [-0.1, -0.05) is 24.3 Å². The van der Waals surface area contributed by atoms with Gasteiger partial charge in [0.05, 0.1) is 24.5 Å². The number of anilines is 1. The van der Waals surface area contributed by atoms with Gasteiger partial charge in [0.25, 0.3) is 5.91 Å². The van der Waals surface area contributed by atoms with E-state index in [4.69, 9.17) is 4.74 Å². The second-order valence-corrected chi connectivity index (χ2v) is 9.94. The van der Waals surface area contributed by atoms with Crippen molar-refractivity contribution >= 4 is 29.2 Å². The van der Waals surface area contributed by atoms with E-state index in [-0.39, 0.29) is 47.9 Å². The van der Waals surface area contributed by atoms with Gasteiger partial charge in [0, 0.05) is 11.3 Å². The maximum atomic E-state index is 13.8. The van der Waals surface area contributed by atoms with Gasteiger partial charge in [-0.3, -0.25) is 29.0 Å². The van der Waals surface area contributed by atoms with Crippen molar-refractivity contribution in [3.63, 3.8) is 0 Å². The number of para-hydroxylation sites is 1. The summed E-state index contributed by atoms with van der Waals surface area (Å²) in [6.45, 7) is 1.29. The molecule has 35 heavy (non-hydrogen) atoms. The van der Waals surface area contributed by atoms with Crippen molar-refractivity contribution in [3.8, 4) is 5.75 Å². The fourth-order valence-corrected chi connectivity index (χ4v) is 6.41. The van der Waals surface area contributed by atoms with Gasteiger partial charge in [-0.2, -0.15) is 0 Å². The Morgan fingerprint density at radius 1 is 0.943 bits per heavy atom. The minimum absolute atomic E-state index is 0.0883. The van der Waals surface area contributed by atoms with E-state index in [1.54, 1.807) is 48.5 Å². The summed E-state index contributed by atoms with van der Waals surface area (Å²) in [5, 5.41) is 0. The van der Waals surface area contributed by atoms with E-state index in [1.807, 2.05) is 0 Å². The van der Waals surface area contributed by atoms with Gasteiger partial charge in [0.2, 0.25) is 11.8 Å². The Kier molecular flexibility index (Phi) is 4.91. The van der Waals surface area contributed by atoms with Crippen molar-refractivity contribution in [2.45, 2.75) is 13.3 Å². The zero-order chi connectivity index (χ0) is 24.4. The molecule has 1 heterocycles. The summed E-state index contributed by atoms with van der Waals surface area (Å²) in [5.41, 5.74) is 1.33. The van der Waals surface area contributed by atoms with Crippen molar-refractivity contribution in [2.75, 3.05) is 18.7 Å². The van der Waals surface area contributed by atoms with E-state index in [0.717, 1.165) is 6.42 Å². The smallest absolute Gasteiger partial charge is 0.263 e. The first kappa shape index (κ1) is 21.8. The number of nitrogens with zero attached hydrogens (tertiary/aromatic N) is 2. The summed E-state index contributed by atoms with van der Waals surface area (Å²) < 4.78 is 5.40. The topological polar surface area (TPSA) is 84.0 Å². The highest BCUT2D eigenvalue weighted by atomic mass is 16.5. The summed E-state index contributed by atoms with van der Waals surface area (Å²) >= 11 is 0. The highest BCUT2D eigenvalue weighted by Gasteiger charge is 2.67. The second-order valence-electron chi connectivity index (χ2n) is 9.94. The minimum atomic E-state index is -0.391. The Bertz CT molecular complexity index is 1250. The Morgan fingerprint density at radius 3 is 2.11 bits per heavy atom. The average molecular weight is 471 g/mol. The van der Waals surface area contributed by atoms with Gasteiger partial charge in [0.15, 0.2) is 5.78 Å². The molecule has 2 aromatic rings. The zero-order valence-corrected chi connectivity index (χ0v) is 19.6. The number of likely N-dealkylation sites (tertiary alicyclic amines) is 1. The molecule has 0 N–H and O–H groups in total. The molecule has 0 aromatic heterocycles. The molecule has 2 saturated carbocycles. The number of rotatable bonds is 6. The van der Waals surface area contributed by atoms with E-state index in [2.05, 4.69) is 12.2 Å². The number of imide groups is 1. The lowest BCUT2D eigenvalue weighted by Crippen LogP contribution is -2.45. The standard InChI is InChI=1S/C28H26N2O5/c1-15(31)16-7-9-17(10-8-16)29(26(32)20-5-3-4-6-23(20)35-2)14-30-27(33)24-18-11-12-19(22-13-21(18)22)25(24)28(30)34/h3-12,18-19,21-22,24-25H,13-14H2,1-2H3. The monoisotopic (exact) mass is 470 g/mol. The highest BCUT2D eigenvalue weighted by molar-refractivity contribution is 6.11. The number of hydrogen-bond acceptors (Lipinski definition) is 5. The third-order valence-corrected chi connectivity index (χ3v) is 8.20. The minimum Gasteiger partial charge on any atom is -0.496 e. The van der Waals surface area contributed by atoms with Crippen molar-refractivity contribution in [1.29, 1.82) is 0 Å². The number of amides is 3. The van der Waals surface area contributed by atoms with Crippen LogP contribution in [0.3, 0.4) is 0 Å². The van der Waals surface area contributed by atoms with Crippen LogP contribution in [-0.2, 0) is 9.59 Å². The normalized spacial score (nSPS) is 29.6. The Labute approximate surface area is 203 Å². The van der Waals surface area contributed by atoms with Crippen LogP contribution in [0, 0.1) is 35.5 Å². The molecule has 5 aliphatic rings. The van der Waals surface area contributed by atoms with Crippen molar-refractivity contribution in [2.24, 2.45) is 35.5 Å². The molecule has 3 fully saturated rings. The fourth-order valence-electron chi connectivity index (χ4n) is 6.41. The third-order valence-electron chi connectivity index (χ3n) is 8.20. The van der Waals surface area contributed by atoms with Crippen LogP contribution in [0.4, 0.5) is 5.69 Å². The molecular weight excluding hydrogens is 444 g/mol. The van der Waals surface area contributed by atoms with E-state index in [0.29, 0.717) is 34.4 Å². The van der Waals surface area contributed by atoms with Crippen molar-refractivity contribution in [3.05, 3.63) is 71.8 Å². The predicted molar refractivity (Wildman–Crippen MR) is 128 cm³/mol. The number of benzene rings is 2. The molecule has 7 rings (SSSR count). The lowest BCUT2D eigenvalue weighted by atomic mass is 9.63. The van der Waals surface area contributed by atoms with Crippen molar-refractivity contribution in [1.82, 2.24) is 4.90 Å². The first-order valence-electron chi connectivity index (χ1n) is 12.0. The SMILES string of the molecule is COc1ccccc1C(=O)N(CN1C(=O)C2C3C=CC(C4CC34)C2C1=O)c1ccc(C(C)=O)cc1. The predicted octanol–water partition coefficient (Wildman–Crippen LogP) is 3.56. The van der Waals surface area contributed by atoms with Crippen LogP contribution < -0.4 is 9.64 Å². The van der Waals surface area contributed by atoms with E-state index in [1.165, 1.54) is 23.8 Å². The van der Waals surface area contributed by atoms with Crippen LogP contribution in [0.25, 0.3) is 0 Å². The number of ether oxygens (including phenoxy) is 1. The fraction of sp³-hybridized carbons (Fsp3) is 0.357. The maximum Gasteiger partial charge on any atom is 0.263 e. The van der Waals surface area contributed by atoms with Gasteiger partial charge in [0.1, 0.15) is 12.4 Å². The van der Waals surface area contributed by atoms with Crippen LogP contribution in [0.1, 0.15) is 34.1 Å². The number of carbonyl (C=O) groups is 4. The first-order chi connectivity index (χ1) is 16.9. The number of Topliss-reactive ketones (excluding diaryl/α,β-unsaturated/α-hetero) is 1. The Hall–Kier alpha value is -3.74.